The first kappa shape index (κ1) is 16.9. The van der Waals surface area contributed by atoms with Crippen molar-refractivity contribution >= 4 is 11.7 Å². The van der Waals surface area contributed by atoms with Crippen LogP contribution in [0.1, 0.15) is 54.5 Å². The number of H-pyrrole nitrogens is 1. The van der Waals surface area contributed by atoms with Crippen LogP contribution in [-0.4, -0.2) is 49.5 Å². The lowest BCUT2D eigenvalue weighted by Crippen LogP contribution is -2.38. The Morgan fingerprint density at radius 1 is 1.38 bits per heavy atom. The van der Waals surface area contributed by atoms with Gasteiger partial charge in [-0.2, -0.15) is 23.4 Å². The van der Waals surface area contributed by atoms with Crippen LogP contribution in [0.3, 0.4) is 0 Å². The maximum Gasteiger partial charge on any atom is 0.410 e. The van der Waals surface area contributed by atoms with Gasteiger partial charge in [-0.1, -0.05) is 0 Å². The maximum absolute atomic E-state index is 13.4. The summed E-state index contributed by atoms with van der Waals surface area (Å²) in [5.74, 6) is 0.131. The van der Waals surface area contributed by atoms with Crippen LogP contribution in [0.2, 0.25) is 0 Å². The molecule has 0 radical (unpaired) electrons. The molecule has 0 bridgehead atoms. The molecule has 0 unspecified atom stereocenters. The van der Waals surface area contributed by atoms with Gasteiger partial charge in [0, 0.05) is 24.8 Å². The zero-order valence-corrected chi connectivity index (χ0v) is 14.1. The summed E-state index contributed by atoms with van der Waals surface area (Å²) < 4.78 is 41.2. The average Bonchev–Trinajstić information content (AvgIpc) is 3.31. The number of anilines is 1. The summed E-state index contributed by atoms with van der Waals surface area (Å²) in [4.78, 5) is 14.3. The Labute approximate surface area is 147 Å². The molecule has 2 aromatic heterocycles. The van der Waals surface area contributed by atoms with Gasteiger partial charge in [-0.3, -0.25) is 9.89 Å². The third kappa shape index (κ3) is 2.82. The van der Waals surface area contributed by atoms with Gasteiger partial charge < -0.3 is 10.2 Å². The molecule has 2 aliphatic rings. The van der Waals surface area contributed by atoms with Crippen molar-refractivity contribution in [1.82, 2.24) is 24.9 Å². The highest BCUT2D eigenvalue weighted by molar-refractivity contribution is 5.92. The first-order chi connectivity index (χ1) is 12.3. The largest absolute Gasteiger partial charge is 0.410 e. The normalized spacial score (nSPS) is 25.8. The number of nitrogens with one attached hydrogen (secondary N) is 2. The number of hydrogen-bond donors (Lipinski definition) is 2. The fraction of sp³-hybridized carbons (Fsp3) is 0.562. The Hall–Kier alpha value is -2.52. The predicted molar refractivity (Wildman–Crippen MR) is 86.6 cm³/mol. The molecule has 26 heavy (non-hydrogen) atoms. The van der Waals surface area contributed by atoms with Crippen molar-refractivity contribution in [3.63, 3.8) is 0 Å². The Balaban J connectivity index is 1.65. The van der Waals surface area contributed by atoms with E-state index in [1.54, 1.807) is 24.0 Å². The minimum Gasteiger partial charge on any atom is -0.368 e. The molecule has 0 aromatic carbocycles. The number of carbonyl (C=O) groups excluding carboxylic acids is 1. The van der Waals surface area contributed by atoms with Crippen molar-refractivity contribution in [1.29, 1.82) is 0 Å². The predicted octanol–water partition coefficient (Wildman–Crippen LogP) is 2.89. The van der Waals surface area contributed by atoms with Crippen LogP contribution in [0.4, 0.5) is 19.0 Å². The summed E-state index contributed by atoms with van der Waals surface area (Å²) in [5.41, 5.74) is 0.849. The zero-order chi connectivity index (χ0) is 18.5. The average molecular weight is 368 g/mol. The summed E-state index contributed by atoms with van der Waals surface area (Å²) in [6, 6.07) is 0.928. The van der Waals surface area contributed by atoms with E-state index in [1.807, 2.05) is 0 Å². The quantitative estimate of drug-likeness (QED) is 0.854. The second-order valence-electron chi connectivity index (χ2n) is 6.86. The van der Waals surface area contributed by atoms with Crippen LogP contribution in [0.25, 0.3) is 0 Å². The summed E-state index contributed by atoms with van der Waals surface area (Å²) in [5, 5.41) is 13.7. The van der Waals surface area contributed by atoms with Crippen LogP contribution in [0.15, 0.2) is 18.3 Å². The molecule has 1 saturated heterocycles. The van der Waals surface area contributed by atoms with E-state index < -0.39 is 12.2 Å². The SMILES string of the molecule is C[C@@H]1C[C@H](C(F)(F)F)n2nc([C@H]3CCCN3C(=O)c3ccn[nH]3)cc2N1. The first-order valence-electron chi connectivity index (χ1n) is 8.57. The van der Waals surface area contributed by atoms with Crippen LogP contribution in [0.5, 0.6) is 0 Å². The second kappa shape index (κ2) is 6.03. The van der Waals surface area contributed by atoms with Crippen molar-refractivity contribution in [3.05, 3.63) is 29.7 Å². The van der Waals surface area contributed by atoms with Gasteiger partial charge in [0.05, 0.1) is 11.7 Å². The maximum atomic E-state index is 13.4. The minimum atomic E-state index is -4.37. The number of carbonyl (C=O) groups is 1. The third-order valence-electron chi connectivity index (χ3n) is 4.99. The van der Waals surface area contributed by atoms with Gasteiger partial charge in [0.1, 0.15) is 11.5 Å². The molecule has 3 atom stereocenters. The van der Waals surface area contributed by atoms with E-state index in [4.69, 9.17) is 0 Å². The number of nitrogens with zero attached hydrogens (tertiary/aromatic N) is 4. The van der Waals surface area contributed by atoms with Crippen molar-refractivity contribution in [2.24, 2.45) is 0 Å². The summed E-state index contributed by atoms with van der Waals surface area (Å²) >= 11 is 0. The van der Waals surface area contributed by atoms with Gasteiger partial charge in [-0.15, -0.1) is 0 Å². The van der Waals surface area contributed by atoms with Crippen LogP contribution >= 0.6 is 0 Å². The standard InChI is InChI=1S/C16H19F3N6O/c1-9-7-13(16(17,18)19)25-14(21-9)8-11(23-25)12-3-2-6-24(12)15(26)10-4-5-20-22-10/h4-5,8-9,12-13,21H,2-3,6-7H2,1H3,(H,20,22)/t9-,12-,13-/m1/s1. The fourth-order valence-corrected chi connectivity index (χ4v) is 3.79. The lowest BCUT2D eigenvalue weighted by atomic mass is 10.1. The monoisotopic (exact) mass is 368 g/mol. The van der Waals surface area contributed by atoms with E-state index in [0.717, 1.165) is 11.1 Å². The van der Waals surface area contributed by atoms with Crippen molar-refractivity contribution < 1.29 is 18.0 Å². The molecule has 1 fully saturated rings. The van der Waals surface area contributed by atoms with Crippen molar-refractivity contribution in [3.8, 4) is 0 Å². The molecule has 10 heteroatoms. The van der Waals surface area contributed by atoms with Gasteiger partial charge >= 0.3 is 6.18 Å². The van der Waals surface area contributed by atoms with Crippen LogP contribution < -0.4 is 5.32 Å². The van der Waals surface area contributed by atoms with Gasteiger partial charge in [-0.25, -0.2) is 4.68 Å². The van der Waals surface area contributed by atoms with Gasteiger partial charge in [0.25, 0.3) is 5.91 Å². The van der Waals surface area contributed by atoms with E-state index in [1.165, 1.54) is 6.20 Å². The Bertz CT molecular complexity index is 800. The molecule has 0 saturated carbocycles. The smallest absolute Gasteiger partial charge is 0.368 e. The number of fused-ring (bicyclic) bond motifs is 1. The topological polar surface area (TPSA) is 78.8 Å². The Morgan fingerprint density at radius 2 is 2.19 bits per heavy atom. The van der Waals surface area contributed by atoms with E-state index in [9.17, 15) is 18.0 Å². The molecular weight excluding hydrogens is 349 g/mol. The number of amides is 1. The number of aromatic amines is 1. The number of alkyl halides is 3. The second-order valence-corrected chi connectivity index (χ2v) is 6.86. The molecule has 140 valence electrons. The molecule has 2 aliphatic heterocycles. The molecule has 2 N–H and O–H groups in total. The molecule has 0 aliphatic carbocycles. The number of aromatic nitrogens is 4. The van der Waals surface area contributed by atoms with E-state index in [2.05, 4.69) is 20.6 Å². The molecule has 0 spiro atoms. The highest BCUT2D eigenvalue weighted by Gasteiger charge is 2.46. The molecule has 7 nitrogen and oxygen atoms in total. The highest BCUT2D eigenvalue weighted by Crippen LogP contribution is 2.41. The fourth-order valence-electron chi connectivity index (χ4n) is 3.79. The van der Waals surface area contributed by atoms with E-state index in [0.29, 0.717) is 30.2 Å². The van der Waals surface area contributed by atoms with Crippen molar-refractivity contribution in [2.75, 3.05) is 11.9 Å². The molecular formula is C16H19F3N6O. The lowest BCUT2D eigenvalue weighted by molar-refractivity contribution is -0.173. The number of rotatable bonds is 2. The number of hydrogen-bond acceptors (Lipinski definition) is 4. The summed E-state index contributed by atoms with van der Waals surface area (Å²) in [6.45, 7) is 2.26. The van der Waals surface area contributed by atoms with Crippen molar-refractivity contribution in [2.45, 2.75) is 50.5 Å². The van der Waals surface area contributed by atoms with Crippen LogP contribution in [-0.2, 0) is 0 Å². The molecule has 4 rings (SSSR count). The highest BCUT2D eigenvalue weighted by atomic mass is 19.4. The van der Waals surface area contributed by atoms with E-state index >= 15 is 0 Å². The van der Waals surface area contributed by atoms with E-state index in [-0.39, 0.29) is 24.4 Å². The van der Waals surface area contributed by atoms with Gasteiger partial charge in [0.15, 0.2) is 6.04 Å². The first-order valence-corrected chi connectivity index (χ1v) is 8.57. The Kier molecular flexibility index (Phi) is 3.92. The Morgan fingerprint density at radius 3 is 2.88 bits per heavy atom. The van der Waals surface area contributed by atoms with Gasteiger partial charge in [0.2, 0.25) is 0 Å². The lowest BCUT2D eigenvalue weighted by Gasteiger charge is -2.31. The number of halogens is 3. The summed E-state index contributed by atoms with van der Waals surface area (Å²) in [6.07, 6.45) is -1.50. The van der Waals surface area contributed by atoms with Gasteiger partial charge in [-0.05, 0) is 32.3 Å². The zero-order valence-electron chi connectivity index (χ0n) is 14.1. The third-order valence-corrected chi connectivity index (χ3v) is 4.99. The summed E-state index contributed by atoms with van der Waals surface area (Å²) in [7, 11) is 0. The number of likely N-dealkylation sites (tertiary alicyclic amines) is 1. The molecule has 1 amide bonds. The van der Waals surface area contributed by atoms with Crippen LogP contribution in [0, 0.1) is 0 Å². The molecule has 2 aromatic rings. The minimum absolute atomic E-state index is 0.0704. The molecule has 4 heterocycles.